The van der Waals surface area contributed by atoms with Gasteiger partial charge >= 0.3 is 5.97 Å². The fourth-order valence-corrected chi connectivity index (χ4v) is 1.40. The molecule has 2 heterocycles. The van der Waals surface area contributed by atoms with Crippen molar-refractivity contribution in [1.82, 2.24) is 9.97 Å². The number of halogens is 1. The van der Waals surface area contributed by atoms with E-state index < -0.39 is 12.0 Å². The summed E-state index contributed by atoms with van der Waals surface area (Å²) >= 11 is 0. The van der Waals surface area contributed by atoms with Gasteiger partial charge in [0.2, 0.25) is 0 Å². The lowest BCUT2D eigenvalue weighted by atomic mass is 10.2. The number of ether oxygens (including phenoxy) is 1. The molecule has 19 heavy (non-hydrogen) atoms. The Morgan fingerprint density at radius 3 is 2.42 bits per heavy atom. The molecule has 0 fully saturated rings. The van der Waals surface area contributed by atoms with Crippen LogP contribution in [0.4, 0.5) is 0 Å². The van der Waals surface area contributed by atoms with Crippen molar-refractivity contribution in [1.29, 1.82) is 0 Å². The Bertz CT molecular complexity index is 508. The van der Waals surface area contributed by atoms with Gasteiger partial charge in [-0.25, -0.2) is 9.78 Å². The lowest BCUT2D eigenvalue weighted by Gasteiger charge is -2.11. The summed E-state index contributed by atoms with van der Waals surface area (Å²) in [5.74, 6) is -0.484. The normalized spacial score (nSPS) is 11.2. The number of carbonyl (C=O) groups excluding carboxylic acids is 1. The highest BCUT2D eigenvalue weighted by molar-refractivity contribution is 5.87. The molecule has 6 heteroatoms. The first-order valence-electron chi connectivity index (χ1n) is 5.52. The molecular weight excluding hydrogens is 266 g/mol. The van der Waals surface area contributed by atoms with Crippen molar-refractivity contribution in [3.63, 3.8) is 0 Å². The first-order valence-corrected chi connectivity index (χ1v) is 5.52. The summed E-state index contributed by atoms with van der Waals surface area (Å²) in [5, 5.41) is 0. The summed E-state index contributed by atoms with van der Waals surface area (Å²) in [7, 11) is 0. The molecular formula is C13H14ClN3O2. The van der Waals surface area contributed by atoms with E-state index >= 15 is 0 Å². The second kappa shape index (κ2) is 7.45. The van der Waals surface area contributed by atoms with Crippen molar-refractivity contribution in [2.45, 2.75) is 6.04 Å². The first-order chi connectivity index (χ1) is 8.77. The minimum absolute atomic E-state index is 0. The molecule has 2 N–H and O–H groups in total. The number of esters is 1. The smallest absolute Gasteiger partial charge is 0.356 e. The van der Waals surface area contributed by atoms with Crippen molar-refractivity contribution in [2.75, 3.05) is 6.61 Å². The average molecular weight is 280 g/mol. The molecule has 0 aliphatic carbocycles. The predicted molar refractivity (Wildman–Crippen MR) is 72.9 cm³/mol. The van der Waals surface area contributed by atoms with Gasteiger partial charge in [0.25, 0.3) is 0 Å². The Morgan fingerprint density at radius 2 is 1.84 bits per heavy atom. The average Bonchev–Trinajstić information content (AvgIpc) is 2.46. The predicted octanol–water partition coefficient (Wildman–Crippen LogP) is 1.76. The Morgan fingerprint density at radius 1 is 1.16 bits per heavy atom. The molecule has 0 bridgehead atoms. The molecule has 0 aliphatic rings. The first kappa shape index (κ1) is 15.1. The molecule has 1 unspecified atom stereocenters. The summed E-state index contributed by atoms with van der Waals surface area (Å²) in [6, 6.07) is 10.0. The van der Waals surface area contributed by atoms with Crippen molar-refractivity contribution >= 4 is 18.4 Å². The van der Waals surface area contributed by atoms with Crippen LogP contribution in [0, 0.1) is 0 Å². The molecule has 0 saturated carbocycles. The number of nitrogens with two attached hydrogens (primary N) is 1. The highest BCUT2D eigenvalue weighted by Gasteiger charge is 2.12. The number of hydrogen-bond acceptors (Lipinski definition) is 5. The molecule has 0 spiro atoms. The Balaban J connectivity index is 0.00000180. The van der Waals surface area contributed by atoms with E-state index in [2.05, 4.69) is 9.97 Å². The fourth-order valence-electron chi connectivity index (χ4n) is 1.40. The van der Waals surface area contributed by atoms with Gasteiger partial charge in [-0.15, -0.1) is 12.4 Å². The van der Waals surface area contributed by atoms with Gasteiger partial charge in [-0.2, -0.15) is 0 Å². The van der Waals surface area contributed by atoms with E-state index in [4.69, 9.17) is 10.5 Å². The van der Waals surface area contributed by atoms with Gasteiger partial charge in [-0.1, -0.05) is 12.1 Å². The van der Waals surface area contributed by atoms with Gasteiger partial charge in [0.05, 0.1) is 11.7 Å². The van der Waals surface area contributed by atoms with E-state index in [1.807, 2.05) is 6.07 Å². The molecule has 0 radical (unpaired) electrons. The van der Waals surface area contributed by atoms with Gasteiger partial charge in [0.1, 0.15) is 12.3 Å². The van der Waals surface area contributed by atoms with Crippen LogP contribution in [0.15, 0.2) is 48.8 Å². The maximum Gasteiger partial charge on any atom is 0.356 e. The number of nitrogens with zero attached hydrogens (tertiary/aromatic N) is 2. The molecule has 0 saturated heterocycles. The largest absolute Gasteiger partial charge is 0.459 e. The van der Waals surface area contributed by atoms with Crippen molar-refractivity contribution < 1.29 is 9.53 Å². The Hall–Kier alpha value is -1.98. The van der Waals surface area contributed by atoms with E-state index in [0.29, 0.717) is 5.69 Å². The zero-order valence-corrected chi connectivity index (χ0v) is 10.9. The van der Waals surface area contributed by atoms with Crippen LogP contribution in [0.25, 0.3) is 0 Å². The van der Waals surface area contributed by atoms with Crippen LogP contribution in [-0.4, -0.2) is 22.5 Å². The van der Waals surface area contributed by atoms with Crippen molar-refractivity contribution in [3.8, 4) is 0 Å². The Kier molecular flexibility index (Phi) is 5.92. The van der Waals surface area contributed by atoms with Gasteiger partial charge in [0.15, 0.2) is 0 Å². The molecule has 2 aromatic rings. The maximum atomic E-state index is 11.6. The second-order valence-corrected chi connectivity index (χ2v) is 3.67. The molecule has 0 aromatic carbocycles. The van der Waals surface area contributed by atoms with Crippen LogP contribution in [0.3, 0.4) is 0 Å². The van der Waals surface area contributed by atoms with Gasteiger partial charge < -0.3 is 10.5 Å². The monoisotopic (exact) mass is 279 g/mol. The number of pyridine rings is 2. The topological polar surface area (TPSA) is 78.1 Å². The highest BCUT2D eigenvalue weighted by atomic mass is 35.5. The van der Waals surface area contributed by atoms with E-state index in [9.17, 15) is 4.79 Å². The van der Waals surface area contributed by atoms with Crippen molar-refractivity contribution in [2.24, 2.45) is 5.73 Å². The standard InChI is InChI=1S/C13H13N3O2.ClH/c14-10(11-5-1-3-7-15-11)9-18-13(17)12-6-2-4-8-16-12;/h1-8,10H,9,14H2;1H. The third-order valence-corrected chi connectivity index (χ3v) is 2.34. The van der Waals surface area contributed by atoms with Crippen LogP contribution >= 0.6 is 12.4 Å². The van der Waals surface area contributed by atoms with E-state index in [0.717, 1.165) is 0 Å². The summed E-state index contributed by atoms with van der Waals surface area (Å²) < 4.78 is 5.08. The third kappa shape index (κ3) is 4.31. The fraction of sp³-hybridized carbons (Fsp3) is 0.154. The molecule has 0 aliphatic heterocycles. The van der Waals surface area contributed by atoms with Crippen LogP contribution in [0.5, 0.6) is 0 Å². The number of aromatic nitrogens is 2. The maximum absolute atomic E-state index is 11.6. The van der Waals surface area contributed by atoms with Gasteiger partial charge in [-0.05, 0) is 24.3 Å². The van der Waals surface area contributed by atoms with Gasteiger partial charge in [-0.3, -0.25) is 4.98 Å². The van der Waals surface area contributed by atoms with Crippen LogP contribution < -0.4 is 5.73 Å². The minimum atomic E-state index is -0.484. The summed E-state index contributed by atoms with van der Waals surface area (Å²) in [5.41, 5.74) is 6.82. The zero-order valence-electron chi connectivity index (χ0n) is 10.1. The lowest BCUT2D eigenvalue weighted by Crippen LogP contribution is -2.21. The summed E-state index contributed by atoms with van der Waals surface area (Å²) in [4.78, 5) is 19.6. The zero-order chi connectivity index (χ0) is 12.8. The van der Waals surface area contributed by atoms with E-state index in [1.165, 1.54) is 6.20 Å². The molecule has 5 nitrogen and oxygen atoms in total. The molecule has 2 rings (SSSR count). The highest BCUT2D eigenvalue weighted by Crippen LogP contribution is 2.07. The number of carbonyl (C=O) groups is 1. The van der Waals surface area contributed by atoms with E-state index in [1.54, 1.807) is 36.5 Å². The lowest BCUT2D eigenvalue weighted by molar-refractivity contribution is 0.0472. The molecule has 0 amide bonds. The molecule has 1 atom stereocenters. The molecule has 100 valence electrons. The summed E-state index contributed by atoms with van der Waals surface area (Å²) in [6.07, 6.45) is 3.19. The molecule has 2 aromatic heterocycles. The van der Waals surface area contributed by atoms with Crippen LogP contribution in [0.1, 0.15) is 22.2 Å². The van der Waals surface area contributed by atoms with Crippen LogP contribution in [-0.2, 0) is 4.74 Å². The summed E-state index contributed by atoms with van der Waals surface area (Å²) in [6.45, 7) is 0.0758. The second-order valence-electron chi connectivity index (χ2n) is 3.67. The SMILES string of the molecule is Cl.NC(COC(=O)c1ccccn1)c1ccccn1. The van der Waals surface area contributed by atoms with Crippen LogP contribution in [0.2, 0.25) is 0 Å². The van der Waals surface area contributed by atoms with E-state index in [-0.39, 0.29) is 24.7 Å². The van der Waals surface area contributed by atoms with Crippen molar-refractivity contribution in [3.05, 3.63) is 60.2 Å². The Labute approximate surface area is 117 Å². The minimum Gasteiger partial charge on any atom is -0.459 e. The quantitative estimate of drug-likeness (QED) is 0.863. The number of rotatable bonds is 4. The number of hydrogen-bond donors (Lipinski definition) is 1. The third-order valence-electron chi connectivity index (χ3n) is 2.34. The van der Waals surface area contributed by atoms with Gasteiger partial charge in [0, 0.05) is 12.4 Å².